The number of H-pyrrole nitrogens is 1. The number of aromatic nitrogens is 2. The maximum absolute atomic E-state index is 12.1. The predicted molar refractivity (Wildman–Crippen MR) is 90.8 cm³/mol. The van der Waals surface area contributed by atoms with E-state index < -0.39 is 5.69 Å². The molecular formula is C16H19ClN4O2. The van der Waals surface area contributed by atoms with E-state index >= 15 is 0 Å². The van der Waals surface area contributed by atoms with Gasteiger partial charge < -0.3 is 15.2 Å². The van der Waals surface area contributed by atoms with E-state index in [1.54, 1.807) is 30.3 Å². The number of carbonyl (C=O) groups excluding carboxylic acids is 1. The van der Waals surface area contributed by atoms with Gasteiger partial charge in [0.25, 0.3) is 5.91 Å². The number of hydrogen-bond acceptors (Lipinski definition) is 4. The van der Waals surface area contributed by atoms with Crippen LogP contribution in [0.4, 0.5) is 0 Å². The lowest BCUT2D eigenvalue weighted by molar-refractivity contribution is 0.0947. The summed E-state index contributed by atoms with van der Waals surface area (Å²) < 4.78 is 0. The topological polar surface area (TPSA) is 78.1 Å². The van der Waals surface area contributed by atoms with Crippen molar-refractivity contribution >= 4 is 17.5 Å². The molecule has 0 saturated carbocycles. The van der Waals surface area contributed by atoms with E-state index in [9.17, 15) is 9.59 Å². The minimum absolute atomic E-state index is 0.194. The van der Waals surface area contributed by atoms with Crippen LogP contribution in [0.25, 0.3) is 11.3 Å². The third kappa shape index (κ3) is 5.19. The summed E-state index contributed by atoms with van der Waals surface area (Å²) in [6.45, 7) is 1.42. The number of halogens is 1. The number of hydrogen-bond donors (Lipinski definition) is 2. The van der Waals surface area contributed by atoms with Crippen LogP contribution < -0.4 is 11.0 Å². The van der Waals surface area contributed by atoms with Crippen molar-refractivity contribution in [2.24, 2.45) is 0 Å². The minimum atomic E-state index is -0.559. The summed E-state index contributed by atoms with van der Waals surface area (Å²) in [6, 6.07) is 8.49. The molecule has 2 aromatic rings. The van der Waals surface area contributed by atoms with Crippen LogP contribution >= 0.6 is 11.6 Å². The average Bonchev–Trinajstić information content (AvgIpc) is 2.51. The van der Waals surface area contributed by atoms with Crippen LogP contribution in [0.15, 0.2) is 35.1 Å². The van der Waals surface area contributed by atoms with E-state index in [2.05, 4.69) is 15.3 Å². The lowest BCUT2D eigenvalue weighted by Crippen LogP contribution is -2.29. The number of nitrogens with one attached hydrogen (secondary N) is 2. The number of carbonyl (C=O) groups is 1. The number of benzene rings is 1. The molecule has 2 N–H and O–H groups in total. The van der Waals surface area contributed by atoms with Crippen LogP contribution in [0.5, 0.6) is 0 Å². The summed E-state index contributed by atoms with van der Waals surface area (Å²) in [5.41, 5.74) is 0.793. The second-order valence-corrected chi connectivity index (χ2v) is 5.84. The Kier molecular flexibility index (Phi) is 5.90. The fourth-order valence-corrected chi connectivity index (χ4v) is 2.17. The molecule has 0 fully saturated rings. The molecule has 122 valence electrons. The summed E-state index contributed by atoms with van der Waals surface area (Å²) >= 11 is 5.85. The lowest BCUT2D eigenvalue weighted by Gasteiger charge is -2.10. The first-order valence-corrected chi connectivity index (χ1v) is 7.64. The van der Waals surface area contributed by atoms with Gasteiger partial charge in [0.15, 0.2) is 0 Å². The highest BCUT2D eigenvalue weighted by molar-refractivity contribution is 6.30. The largest absolute Gasteiger partial charge is 0.351 e. The fraction of sp³-hybridized carbons (Fsp3) is 0.312. The Labute approximate surface area is 139 Å². The van der Waals surface area contributed by atoms with Gasteiger partial charge in [-0.1, -0.05) is 23.7 Å². The molecular weight excluding hydrogens is 316 g/mol. The molecule has 1 aromatic heterocycles. The normalized spacial score (nSPS) is 10.8. The number of aromatic amines is 1. The first-order valence-electron chi connectivity index (χ1n) is 7.26. The Bertz CT molecular complexity index is 726. The van der Waals surface area contributed by atoms with Crippen molar-refractivity contribution in [2.75, 3.05) is 27.2 Å². The van der Waals surface area contributed by atoms with Gasteiger partial charge in [-0.15, -0.1) is 0 Å². The second kappa shape index (κ2) is 7.89. The van der Waals surface area contributed by atoms with Crippen LogP contribution in [-0.2, 0) is 0 Å². The van der Waals surface area contributed by atoms with Crippen LogP contribution in [-0.4, -0.2) is 48.0 Å². The summed E-state index contributed by atoms with van der Waals surface area (Å²) in [6.07, 6.45) is 0.831. The molecule has 6 nitrogen and oxygen atoms in total. The molecule has 0 aliphatic carbocycles. The number of nitrogens with zero attached hydrogens (tertiary/aromatic N) is 2. The van der Waals surface area contributed by atoms with Gasteiger partial charge in [-0.25, -0.2) is 4.79 Å². The quantitative estimate of drug-likeness (QED) is 0.789. The summed E-state index contributed by atoms with van der Waals surface area (Å²) in [5, 5.41) is 3.38. The van der Waals surface area contributed by atoms with E-state index in [0.717, 1.165) is 18.5 Å². The molecule has 0 atom stereocenters. The standard InChI is InChI=1S/C16H19ClN4O2/c1-21(2)9-3-8-18-15(22)14-10-13(19-16(23)20-14)11-4-6-12(17)7-5-11/h4-7,10H,3,8-9H2,1-2H3,(H,18,22)(H,19,20,23). The van der Waals surface area contributed by atoms with E-state index in [1.807, 2.05) is 19.0 Å². The highest BCUT2D eigenvalue weighted by Gasteiger charge is 2.10. The van der Waals surface area contributed by atoms with E-state index in [1.165, 1.54) is 0 Å². The molecule has 1 aromatic carbocycles. The summed E-state index contributed by atoms with van der Waals surface area (Å²) in [7, 11) is 3.95. The van der Waals surface area contributed by atoms with Gasteiger partial charge in [0.1, 0.15) is 5.69 Å². The third-order valence-corrected chi connectivity index (χ3v) is 3.45. The molecule has 0 aliphatic heterocycles. The second-order valence-electron chi connectivity index (χ2n) is 5.40. The van der Waals surface area contributed by atoms with Crippen molar-refractivity contribution in [2.45, 2.75) is 6.42 Å². The Morgan fingerprint density at radius 1 is 1.30 bits per heavy atom. The average molecular weight is 335 g/mol. The van der Waals surface area contributed by atoms with Crippen molar-refractivity contribution in [3.63, 3.8) is 0 Å². The summed E-state index contributed by atoms with van der Waals surface area (Å²) in [4.78, 5) is 32.2. The third-order valence-electron chi connectivity index (χ3n) is 3.20. The van der Waals surface area contributed by atoms with Crippen molar-refractivity contribution in [1.82, 2.24) is 20.2 Å². The smallest absolute Gasteiger partial charge is 0.346 e. The van der Waals surface area contributed by atoms with E-state index in [4.69, 9.17) is 11.6 Å². The minimum Gasteiger partial charge on any atom is -0.351 e. The van der Waals surface area contributed by atoms with Gasteiger partial charge in [-0.05, 0) is 45.3 Å². The highest BCUT2D eigenvalue weighted by atomic mass is 35.5. The molecule has 0 spiro atoms. The summed E-state index contributed by atoms with van der Waals surface area (Å²) in [5.74, 6) is -0.321. The lowest BCUT2D eigenvalue weighted by atomic mass is 10.1. The molecule has 1 heterocycles. The molecule has 0 saturated heterocycles. The SMILES string of the molecule is CN(C)CCCNC(=O)c1cc(-c2ccc(Cl)cc2)nc(=O)[nH]1. The monoisotopic (exact) mass is 334 g/mol. The van der Waals surface area contributed by atoms with Crippen LogP contribution in [0.2, 0.25) is 5.02 Å². The van der Waals surface area contributed by atoms with E-state index in [0.29, 0.717) is 17.3 Å². The molecule has 0 unspecified atom stereocenters. The number of rotatable bonds is 6. The Balaban J connectivity index is 2.12. The van der Waals surface area contributed by atoms with Gasteiger partial charge >= 0.3 is 5.69 Å². The maximum atomic E-state index is 12.1. The molecule has 0 bridgehead atoms. The molecule has 2 rings (SSSR count). The fourth-order valence-electron chi connectivity index (χ4n) is 2.04. The molecule has 1 amide bonds. The Morgan fingerprint density at radius 2 is 2.00 bits per heavy atom. The van der Waals surface area contributed by atoms with Crippen molar-refractivity contribution in [3.05, 3.63) is 51.5 Å². The first-order chi connectivity index (χ1) is 11.0. The van der Waals surface area contributed by atoms with Crippen LogP contribution in [0.1, 0.15) is 16.9 Å². The Hall–Kier alpha value is -2.18. The predicted octanol–water partition coefficient (Wildman–Crippen LogP) is 1.77. The Morgan fingerprint density at radius 3 is 2.65 bits per heavy atom. The zero-order chi connectivity index (χ0) is 16.8. The first kappa shape index (κ1) is 17.2. The van der Waals surface area contributed by atoms with Crippen LogP contribution in [0.3, 0.4) is 0 Å². The number of amides is 1. The zero-order valence-corrected chi connectivity index (χ0v) is 13.9. The molecule has 0 aliphatic rings. The van der Waals surface area contributed by atoms with Crippen molar-refractivity contribution < 1.29 is 4.79 Å². The van der Waals surface area contributed by atoms with Gasteiger partial charge in [0.05, 0.1) is 5.69 Å². The molecule has 23 heavy (non-hydrogen) atoms. The molecule has 7 heteroatoms. The highest BCUT2D eigenvalue weighted by Crippen LogP contribution is 2.18. The molecule has 0 radical (unpaired) electrons. The van der Waals surface area contributed by atoms with Crippen LogP contribution in [0, 0.1) is 0 Å². The van der Waals surface area contributed by atoms with Gasteiger partial charge in [0, 0.05) is 17.1 Å². The maximum Gasteiger partial charge on any atom is 0.346 e. The van der Waals surface area contributed by atoms with Gasteiger partial charge in [-0.2, -0.15) is 4.98 Å². The zero-order valence-electron chi connectivity index (χ0n) is 13.1. The van der Waals surface area contributed by atoms with Crippen molar-refractivity contribution in [3.8, 4) is 11.3 Å². The van der Waals surface area contributed by atoms with Gasteiger partial charge in [0.2, 0.25) is 0 Å². The van der Waals surface area contributed by atoms with Crippen molar-refractivity contribution in [1.29, 1.82) is 0 Å². The van der Waals surface area contributed by atoms with Gasteiger partial charge in [-0.3, -0.25) is 4.79 Å². The van der Waals surface area contributed by atoms with E-state index in [-0.39, 0.29) is 11.6 Å².